The summed E-state index contributed by atoms with van der Waals surface area (Å²) in [6.45, 7) is 2.46. The molecule has 11 nitrogen and oxygen atoms in total. The number of hydrogen-bond acceptors (Lipinski definition) is 6. The van der Waals surface area contributed by atoms with Crippen LogP contribution in [0.3, 0.4) is 0 Å². The van der Waals surface area contributed by atoms with Gasteiger partial charge in [-0.3, -0.25) is 14.4 Å². The summed E-state index contributed by atoms with van der Waals surface area (Å²) < 4.78 is 5.07. The minimum absolute atomic E-state index is 0.0692. The number of hydrogen-bond donors (Lipinski definition) is 5. The van der Waals surface area contributed by atoms with Crippen molar-refractivity contribution in [1.82, 2.24) is 10.6 Å². The van der Waals surface area contributed by atoms with Gasteiger partial charge in [0.25, 0.3) is 0 Å². The maximum Gasteiger partial charge on any atom is 0.372 e. The van der Waals surface area contributed by atoms with Crippen molar-refractivity contribution in [1.29, 1.82) is 0 Å². The average molecular weight is 464 g/mol. The van der Waals surface area contributed by atoms with Gasteiger partial charge in [0.1, 0.15) is 11.8 Å². The number of unbranched alkanes of at least 4 members (excludes halogenated alkanes) is 2. The minimum Gasteiger partial charge on any atom is -0.481 e. The highest BCUT2D eigenvalue weighted by atomic mass is 16.5. The first-order chi connectivity index (χ1) is 15.6. The van der Waals surface area contributed by atoms with E-state index in [4.69, 9.17) is 20.1 Å². The summed E-state index contributed by atoms with van der Waals surface area (Å²) >= 11 is 0. The lowest BCUT2D eigenvalue weighted by molar-refractivity contribution is -0.139. The van der Waals surface area contributed by atoms with Gasteiger partial charge in [-0.15, -0.1) is 0 Å². The zero-order valence-corrected chi connectivity index (χ0v) is 18.2. The Kier molecular flexibility index (Phi) is 11.7. The van der Waals surface area contributed by atoms with Gasteiger partial charge in [0.05, 0.1) is 12.5 Å². The Labute approximate surface area is 190 Å². The molecule has 0 bridgehead atoms. The van der Waals surface area contributed by atoms with Crippen LogP contribution in [0.5, 0.6) is 5.75 Å². The predicted octanol–water partition coefficient (Wildman–Crippen LogP) is 1.32. The van der Waals surface area contributed by atoms with E-state index in [1.54, 1.807) is 0 Å². The van der Waals surface area contributed by atoms with Gasteiger partial charge < -0.3 is 30.7 Å². The predicted molar refractivity (Wildman–Crippen MR) is 115 cm³/mol. The number of aliphatic carboxylic acids is 3. The molecule has 0 saturated heterocycles. The van der Waals surface area contributed by atoms with Gasteiger partial charge in [-0.2, -0.15) is 0 Å². The number of benzene rings is 1. The van der Waals surface area contributed by atoms with E-state index in [0.29, 0.717) is 18.2 Å². The number of carbonyl (C=O) groups is 5. The van der Waals surface area contributed by atoms with Gasteiger partial charge >= 0.3 is 17.9 Å². The summed E-state index contributed by atoms with van der Waals surface area (Å²) in [6, 6.07) is 4.93. The molecule has 0 spiro atoms. The highest BCUT2D eigenvalue weighted by molar-refractivity contribution is 5.93. The van der Waals surface area contributed by atoms with Gasteiger partial charge in [0.15, 0.2) is 0 Å². The summed E-state index contributed by atoms with van der Waals surface area (Å²) in [5, 5.41) is 31.8. The molecule has 0 heterocycles. The third kappa shape index (κ3) is 11.3. The molecular formula is C22H28N2O9. The Hall–Kier alpha value is -3.89. The molecule has 0 aliphatic carbocycles. The van der Waals surface area contributed by atoms with Gasteiger partial charge in [0.2, 0.25) is 17.6 Å². The lowest BCUT2D eigenvalue weighted by Crippen LogP contribution is -2.48. The maximum atomic E-state index is 12.6. The standard InChI is InChI=1S/C22H28N2O9/c1-2-3-4-11-23-21(30)16(24-18(25)9-10-19(26)27)12-14-5-7-15(8-6-14)33-17(22(31)32)13-20(28)29/h5-8,13,16H,2-4,9-12H2,1H3,(H,23,30)(H,24,25)(H,26,27)(H,28,29)(H,31,32)/b17-13+. The summed E-state index contributed by atoms with van der Waals surface area (Å²) in [5.74, 6) is -5.84. The second kappa shape index (κ2) is 14.2. The van der Waals surface area contributed by atoms with E-state index in [1.165, 1.54) is 24.3 Å². The SMILES string of the molecule is CCCCCNC(=O)C(Cc1ccc(O/C(=C/C(=O)O)C(=O)O)cc1)NC(=O)CCC(=O)O. The van der Waals surface area contributed by atoms with Crippen LogP contribution in [0.15, 0.2) is 36.1 Å². The van der Waals surface area contributed by atoms with E-state index >= 15 is 0 Å². The summed E-state index contributed by atoms with van der Waals surface area (Å²) in [7, 11) is 0. The van der Waals surface area contributed by atoms with E-state index in [2.05, 4.69) is 10.6 Å². The second-order valence-electron chi connectivity index (χ2n) is 7.11. The Morgan fingerprint density at radius 1 is 1.00 bits per heavy atom. The van der Waals surface area contributed by atoms with E-state index < -0.39 is 41.5 Å². The van der Waals surface area contributed by atoms with Crippen molar-refractivity contribution in [2.45, 2.75) is 51.5 Å². The molecule has 0 fully saturated rings. The van der Waals surface area contributed by atoms with Crippen LogP contribution in [-0.4, -0.2) is 57.6 Å². The van der Waals surface area contributed by atoms with Crippen LogP contribution in [0.25, 0.3) is 0 Å². The maximum absolute atomic E-state index is 12.6. The third-order valence-electron chi connectivity index (χ3n) is 4.35. The van der Waals surface area contributed by atoms with Crippen LogP contribution in [0.4, 0.5) is 0 Å². The van der Waals surface area contributed by atoms with Crippen LogP contribution in [0, 0.1) is 0 Å². The lowest BCUT2D eigenvalue weighted by Gasteiger charge is -2.19. The molecule has 0 aliphatic rings. The molecule has 0 aliphatic heterocycles. The molecule has 1 unspecified atom stereocenters. The summed E-state index contributed by atoms with van der Waals surface area (Å²) in [4.78, 5) is 57.1. The smallest absolute Gasteiger partial charge is 0.372 e. The molecule has 1 aromatic rings. The quantitative estimate of drug-likeness (QED) is 0.145. The third-order valence-corrected chi connectivity index (χ3v) is 4.35. The molecule has 0 radical (unpaired) electrons. The van der Waals surface area contributed by atoms with Crippen LogP contribution < -0.4 is 15.4 Å². The Bertz CT molecular complexity index is 878. The van der Waals surface area contributed by atoms with Crippen LogP contribution in [-0.2, 0) is 30.4 Å². The molecule has 5 N–H and O–H groups in total. The van der Waals surface area contributed by atoms with E-state index in [-0.39, 0.29) is 25.0 Å². The van der Waals surface area contributed by atoms with Crippen molar-refractivity contribution >= 4 is 29.7 Å². The Morgan fingerprint density at radius 3 is 2.21 bits per heavy atom. The highest BCUT2D eigenvalue weighted by Gasteiger charge is 2.21. The number of rotatable bonds is 15. The van der Waals surface area contributed by atoms with Crippen molar-refractivity contribution < 1.29 is 44.0 Å². The minimum atomic E-state index is -1.55. The van der Waals surface area contributed by atoms with Crippen LogP contribution in [0.1, 0.15) is 44.6 Å². The molecule has 180 valence electrons. The monoisotopic (exact) mass is 464 g/mol. The topological polar surface area (TPSA) is 179 Å². The second-order valence-corrected chi connectivity index (χ2v) is 7.11. The first-order valence-corrected chi connectivity index (χ1v) is 10.4. The molecule has 0 saturated carbocycles. The van der Waals surface area contributed by atoms with Crippen molar-refractivity contribution in [3.63, 3.8) is 0 Å². The first kappa shape index (κ1) is 27.1. The molecule has 1 aromatic carbocycles. The zero-order valence-electron chi connectivity index (χ0n) is 18.2. The Balaban J connectivity index is 2.88. The summed E-state index contributed by atoms with van der Waals surface area (Å²) in [5.41, 5.74) is 0.605. The van der Waals surface area contributed by atoms with Crippen molar-refractivity contribution in [2.24, 2.45) is 0 Å². The van der Waals surface area contributed by atoms with Gasteiger partial charge in [-0.25, -0.2) is 9.59 Å². The van der Waals surface area contributed by atoms with Gasteiger partial charge in [0, 0.05) is 19.4 Å². The molecule has 33 heavy (non-hydrogen) atoms. The molecule has 1 atom stereocenters. The fraction of sp³-hybridized carbons (Fsp3) is 0.409. The number of ether oxygens (including phenoxy) is 1. The number of carboxylic acid groups (broad SMARTS) is 3. The van der Waals surface area contributed by atoms with E-state index in [9.17, 15) is 24.0 Å². The fourth-order valence-electron chi connectivity index (χ4n) is 2.71. The largest absolute Gasteiger partial charge is 0.481 e. The van der Waals surface area contributed by atoms with Crippen molar-refractivity contribution in [3.8, 4) is 5.75 Å². The summed E-state index contributed by atoms with van der Waals surface area (Å²) in [6.07, 6.45) is 2.58. The zero-order chi connectivity index (χ0) is 24.8. The molecule has 11 heteroatoms. The van der Waals surface area contributed by atoms with E-state index in [0.717, 1.165) is 19.3 Å². The number of amides is 2. The average Bonchev–Trinajstić information content (AvgIpc) is 2.75. The number of nitrogens with one attached hydrogen (secondary N) is 2. The number of carbonyl (C=O) groups excluding carboxylic acids is 2. The molecular weight excluding hydrogens is 436 g/mol. The van der Waals surface area contributed by atoms with E-state index in [1.807, 2.05) is 6.92 Å². The normalized spacial score (nSPS) is 11.8. The fourth-order valence-corrected chi connectivity index (χ4v) is 2.71. The number of carboxylic acids is 3. The first-order valence-electron chi connectivity index (χ1n) is 10.4. The van der Waals surface area contributed by atoms with Crippen LogP contribution >= 0.6 is 0 Å². The molecule has 1 rings (SSSR count). The highest BCUT2D eigenvalue weighted by Crippen LogP contribution is 2.17. The van der Waals surface area contributed by atoms with Crippen molar-refractivity contribution in [2.75, 3.05) is 6.54 Å². The lowest BCUT2D eigenvalue weighted by atomic mass is 10.0. The van der Waals surface area contributed by atoms with Crippen molar-refractivity contribution in [3.05, 3.63) is 41.7 Å². The van der Waals surface area contributed by atoms with Crippen LogP contribution in [0.2, 0.25) is 0 Å². The van der Waals surface area contributed by atoms with Gasteiger partial charge in [-0.1, -0.05) is 31.9 Å². The Morgan fingerprint density at radius 2 is 1.67 bits per heavy atom. The van der Waals surface area contributed by atoms with Gasteiger partial charge in [-0.05, 0) is 24.1 Å². The molecule has 0 aromatic heterocycles. The molecule has 2 amide bonds.